The maximum absolute atomic E-state index is 12.9. The number of benzene rings is 2. The molecule has 11 heteroatoms. The van der Waals surface area contributed by atoms with Crippen LogP contribution >= 0.6 is 0 Å². The molecule has 2 unspecified atom stereocenters. The standard InChI is InChI=1S/C28H34F3N5O3/c1-20(19-34-13-15-35(16-14-34)27(39)21-7-3-2-4-8-21)36-12-6-11-24(36)33-25(37)18-32-26(38)22-9-5-10-23(17-22)28(29,30)31/h2-5,7-10,17,20,24H,6,11-16,18-19H2,1H3,(H,32,38)(H,33,37). The second-order valence-electron chi connectivity index (χ2n) is 10.0. The molecule has 3 amide bonds. The predicted octanol–water partition coefficient (Wildman–Crippen LogP) is 2.82. The molecule has 2 atom stereocenters. The van der Waals surface area contributed by atoms with Crippen molar-refractivity contribution in [2.75, 3.05) is 45.8 Å². The molecular weight excluding hydrogens is 511 g/mol. The molecule has 210 valence electrons. The zero-order chi connectivity index (χ0) is 28.0. The zero-order valence-corrected chi connectivity index (χ0v) is 21.9. The normalized spacial score (nSPS) is 19.5. The van der Waals surface area contributed by atoms with Crippen LogP contribution in [-0.2, 0) is 11.0 Å². The van der Waals surface area contributed by atoms with Crippen molar-refractivity contribution in [3.05, 3.63) is 71.3 Å². The van der Waals surface area contributed by atoms with Crippen LogP contribution in [0.3, 0.4) is 0 Å². The topological polar surface area (TPSA) is 85.0 Å². The molecule has 39 heavy (non-hydrogen) atoms. The van der Waals surface area contributed by atoms with Crippen LogP contribution in [0.2, 0.25) is 0 Å². The van der Waals surface area contributed by atoms with Gasteiger partial charge in [0.1, 0.15) is 0 Å². The number of alkyl halides is 3. The van der Waals surface area contributed by atoms with E-state index >= 15 is 0 Å². The van der Waals surface area contributed by atoms with Crippen LogP contribution in [0.4, 0.5) is 13.2 Å². The maximum Gasteiger partial charge on any atom is 0.416 e. The fourth-order valence-electron chi connectivity index (χ4n) is 5.18. The summed E-state index contributed by atoms with van der Waals surface area (Å²) in [4.78, 5) is 44.0. The van der Waals surface area contributed by atoms with Crippen molar-refractivity contribution in [2.24, 2.45) is 0 Å². The van der Waals surface area contributed by atoms with Gasteiger partial charge in [0.25, 0.3) is 11.8 Å². The molecule has 2 aliphatic rings. The van der Waals surface area contributed by atoms with Gasteiger partial charge in [0.2, 0.25) is 5.91 Å². The van der Waals surface area contributed by atoms with Gasteiger partial charge >= 0.3 is 6.18 Å². The van der Waals surface area contributed by atoms with E-state index in [1.54, 1.807) is 0 Å². The van der Waals surface area contributed by atoms with Crippen LogP contribution in [0, 0.1) is 0 Å². The van der Waals surface area contributed by atoms with E-state index in [9.17, 15) is 27.6 Å². The fourth-order valence-corrected chi connectivity index (χ4v) is 5.18. The average molecular weight is 546 g/mol. The summed E-state index contributed by atoms with van der Waals surface area (Å²) in [5.74, 6) is -1.09. The lowest BCUT2D eigenvalue weighted by Gasteiger charge is -2.39. The molecule has 0 aromatic heterocycles. The summed E-state index contributed by atoms with van der Waals surface area (Å²) in [7, 11) is 0. The lowest BCUT2D eigenvalue weighted by Crippen LogP contribution is -2.55. The smallest absolute Gasteiger partial charge is 0.343 e. The molecule has 0 saturated carbocycles. The number of carbonyl (C=O) groups is 3. The third-order valence-electron chi connectivity index (χ3n) is 7.25. The van der Waals surface area contributed by atoms with Gasteiger partial charge < -0.3 is 15.5 Å². The van der Waals surface area contributed by atoms with Gasteiger partial charge in [-0.25, -0.2) is 0 Å². The second kappa shape index (κ2) is 12.6. The number of piperazine rings is 1. The van der Waals surface area contributed by atoms with Gasteiger partial charge in [-0.05, 0) is 50.1 Å². The second-order valence-corrected chi connectivity index (χ2v) is 10.0. The number of hydrogen-bond donors (Lipinski definition) is 2. The highest BCUT2D eigenvalue weighted by Gasteiger charge is 2.32. The van der Waals surface area contributed by atoms with E-state index in [-0.39, 0.29) is 30.2 Å². The van der Waals surface area contributed by atoms with Crippen LogP contribution in [0.5, 0.6) is 0 Å². The van der Waals surface area contributed by atoms with Crippen LogP contribution in [0.25, 0.3) is 0 Å². The first kappa shape index (κ1) is 28.6. The minimum Gasteiger partial charge on any atom is -0.343 e. The summed E-state index contributed by atoms with van der Waals surface area (Å²) in [5.41, 5.74) is -0.375. The third-order valence-corrected chi connectivity index (χ3v) is 7.25. The van der Waals surface area contributed by atoms with Crippen molar-refractivity contribution in [2.45, 2.75) is 38.1 Å². The molecule has 0 aliphatic carbocycles. The van der Waals surface area contributed by atoms with Gasteiger partial charge in [-0.3, -0.25) is 24.2 Å². The first-order chi connectivity index (χ1) is 18.6. The van der Waals surface area contributed by atoms with E-state index in [2.05, 4.69) is 27.4 Å². The number of carbonyl (C=O) groups excluding carboxylic acids is 3. The minimum absolute atomic E-state index is 0.0470. The van der Waals surface area contributed by atoms with E-state index in [0.29, 0.717) is 18.7 Å². The van der Waals surface area contributed by atoms with Crippen molar-refractivity contribution in [1.82, 2.24) is 25.3 Å². The molecule has 2 aliphatic heterocycles. The Hall–Kier alpha value is -3.44. The van der Waals surface area contributed by atoms with Crippen molar-refractivity contribution in [1.29, 1.82) is 0 Å². The van der Waals surface area contributed by atoms with Crippen LogP contribution in [0.15, 0.2) is 54.6 Å². The largest absolute Gasteiger partial charge is 0.416 e. The van der Waals surface area contributed by atoms with E-state index in [4.69, 9.17) is 0 Å². The van der Waals surface area contributed by atoms with Crippen LogP contribution in [0.1, 0.15) is 46.0 Å². The number of halogens is 3. The molecule has 2 fully saturated rings. The first-order valence-electron chi connectivity index (χ1n) is 13.2. The number of nitrogens with one attached hydrogen (secondary N) is 2. The molecule has 2 heterocycles. The Labute approximate surface area is 226 Å². The number of nitrogens with zero attached hydrogens (tertiary/aromatic N) is 3. The highest BCUT2D eigenvalue weighted by atomic mass is 19.4. The fraction of sp³-hybridized carbons (Fsp3) is 0.464. The molecule has 2 N–H and O–H groups in total. The molecule has 0 radical (unpaired) electrons. The Kier molecular flexibility index (Phi) is 9.24. The van der Waals surface area contributed by atoms with Crippen LogP contribution < -0.4 is 10.6 Å². The molecule has 8 nitrogen and oxygen atoms in total. The van der Waals surface area contributed by atoms with Gasteiger partial charge in [-0.15, -0.1) is 0 Å². The summed E-state index contributed by atoms with van der Waals surface area (Å²) in [6.07, 6.45) is -3.04. The number of hydrogen-bond acceptors (Lipinski definition) is 5. The molecule has 0 bridgehead atoms. The Morgan fingerprint density at radius 3 is 2.33 bits per heavy atom. The van der Waals surface area contributed by atoms with E-state index < -0.39 is 23.6 Å². The van der Waals surface area contributed by atoms with Crippen molar-refractivity contribution in [3.8, 4) is 0 Å². The molecule has 2 aromatic rings. The van der Waals surface area contributed by atoms with Crippen molar-refractivity contribution in [3.63, 3.8) is 0 Å². The Bertz CT molecular complexity index is 1150. The predicted molar refractivity (Wildman–Crippen MR) is 140 cm³/mol. The van der Waals surface area contributed by atoms with Gasteiger partial charge in [-0.1, -0.05) is 24.3 Å². The summed E-state index contributed by atoms with van der Waals surface area (Å²) in [6.45, 7) is 6.27. The Morgan fingerprint density at radius 1 is 0.949 bits per heavy atom. The SMILES string of the molecule is CC(CN1CCN(C(=O)c2ccccc2)CC1)N1CCCC1NC(=O)CNC(=O)c1cccc(C(F)(F)F)c1. The minimum atomic E-state index is -4.55. The first-order valence-corrected chi connectivity index (χ1v) is 13.2. The van der Waals surface area contributed by atoms with Crippen molar-refractivity contribution < 1.29 is 27.6 Å². The monoisotopic (exact) mass is 545 g/mol. The lowest BCUT2D eigenvalue weighted by molar-refractivity contribution is -0.137. The van der Waals surface area contributed by atoms with Gasteiger partial charge in [-0.2, -0.15) is 13.2 Å². The molecule has 2 saturated heterocycles. The quantitative estimate of drug-likeness (QED) is 0.533. The molecular formula is C28H34F3N5O3. The zero-order valence-electron chi connectivity index (χ0n) is 21.9. The van der Waals surface area contributed by atoms with Gasteiger partial charge in [0.05, 0.1) is 18.3 Å². The number of amides is 3. The average Bonchev–Trinajstić information content (AvgIpc) is 3.40. The number of rotatable bonds is 8. The van der Waals surface area contributed by atoms with E-state index in [1.165, 1.54) is 6.07 Å². The summed E-state index contributed by atoms with van der Waals surface area (Å²) < 4.78 is 38.8. The van der Waals surface area contributed by atoms with Crippen molar-refractivity contribution >= 4 is 17.7 Å². The number of likely N-dealkylation sites (tertiary alicyclic amines) is 1. The third kappa shape index (κ3) is 7.57. The highest BCUT2D eigenvalue weighted by Crippen LogP contribution is 2.29. The van der Waals surface area contributed by atoms with Crippen LogP contribution in [-0.4, -0.2) is 90.4 Å². The molecule has 4 rings (SSSR count). The maximum atomic E-state index is 12.9. The highest BCUT2D eigenvalue weighted by molar-refractivity contribution is 5.96. The summed E-state index contributed by atoms with van der Waals surface area (Å²) in [6, 6.07) is 13.5. The Morgan fingerprint density at radius 2 is 1.64 bits per heavy atom. The Balaban J connectivity index is 1.22. The molecule has 0 spiro atoms. The lowest BCUT2D eigenvalue weighted by atomic mass is 10.1. The van der Waals surface area contributed by atoms with Gasteiger partial charge in [0.15, 0.2) is 0 Å². The molecule has 2 aromatic carbocycles. The summed E-state index contributed by atoms with van der Waals surface area (Å²) in [5, 5.41) is 5.36. The summed E-state index contributed by atoms with van der Waals surface area (Å²) >= 11 is 0. The van der Waals surface area contributed by atoms with E-state index in [0.717, 1.165) is 57.2 Å². The van der Waals surface area contributed by atoms with Gasteiger partial charge in [0, 0.05) is 56.4 Å². The van der Waals surface area contributed by atoms with E-state index in [1.807, 2.05) is 35.2 Å².